The molecular formula is C10H9F3O4S. The largest absolute Gasteiger partial charge is 0.534 e. The Morgan fingerprint density at radius 2 is 1.67 bits per heavy atom. The van der Waals surface area contributed by atoms with Crippen LogP contribution in [0.3, 0.4) is 0 Å². The number of halogens is 3. The number of ether oxygens (including phenoxy) is 1. The summed E-state index contributed by atoms with van der Waals surface area (Å²) in [6, 6.07) is 4.68. The zero-order valence-corrected chi connectivity index (χ0v) is 9.79. The molecule has 0 aliphatic heterocycles. The second-order valence-electron chi connectivity index (χ2n) is 3.05. The SMILES string of the molecule is C=CCOc1ccc(OS(=O)(=O)C(F)(F)F)cc1. The Hall–Kier alpha value is -1.70. The summed E-state index contributed by atoms with van der Waals surface area (Å²) in [5, 5.41) is 0. The highest BCUT2D eigenvalue weighted by atomic mass is 32.2. The predicted octanol–water partition coefficient (Wildman–Crippen LogP) is 2.48. The molecule has 0 saturated carbocycles. The van der Waals surface area contributed by atoms with E-state index < -0.39 is 21.4 Å². The van der Waals surface area contributed by atoms with Gasteiger partial charge in [0.1, 0.15) is 18.1 Å². The van der Waals surface area contributed by atoms with Crippen LogP contribution in [0.5, 0.6) is 11.5 Å². The number of hydrogen-bond acceptors (Lipinski definition) is 4. The van der Waals surface area contributed by atoms with Crippen LogP contribution in [-0.2, 0) is 10.1 Å². The lowest BCUT2D eigenvalue weighted by Crippen LogP contribution is -2.28. The fourth-order valence-electron chi connectivity index (χ4n) is 0.921. The number of hydrogen-bond donors (Lipinski definition) is 0. The van der Waals surface area contributed by atoms with Gasteiger partial charge in [-0.15, -0.1) is 0 Å². The monoisotopic (exact) mass is 282 g/mol. The van der Waals surface area contributed by atoms with Gasteiger partial charge in [0.2, 0.25) is 0 Å². The molecule has 18 heavy (non-hydrogen) atoms. The van der Waals surface area contributed by atoms with Crippen molar-refractivity contribution >= 4 is 10.1 Å². The van der Waals surface area contributed by atoms with Gasteiger partial charge in [-0.05, 0) is 24.3 Å². The van der Waals surface area contributed by atoms with Crippen molar-refractivity contribution in [1.82, 2.24) is 0 Å². The van der Waals surface area contributed by atoms with Crippen LogP contribution in [0.1, 0.15) is 0 Å². The first-order chi connectivity index (χ1) is 8.26. The normalized spacial score (nSPS) is 11.9. The lowest BCUT2D eigenvalue weighted by Gasteiger charge is -2.09. The van der Waals surface area contributed by atoms with Crippen LogP contribution in [0.15, 0.2) is 36.9 Å². The number of alkyl halides is 3. The highest BCUT2D eigenvalue weighted by Gasteiger charge is 2.48. The summed E-state index contributed by atoms with van der Waals surface area (Å²) in [4.78, 5) is 0. The molecule has 0 fully saturated rings. The molecule has 0 atom stereocenters. The summed E-state index contributed by atoms with van der Waals surface area (Å²) in [6.45, 7) is 3.64. The molecule has 0 aromatic heterocycles. The highest BCUT2D eigenvalue weighted by Crippen LogP contribution is 2.27. The van der Waals surface area contributed by atoms with E-state index in [1.54, 1.807) is 0 Å². The summed E-state index contributed by atoms with van der Waals surface area (Å²) in [5.74, 6) is -0.0927. The molecule has 0 aliphatic rings. The van der Waals surface area contributed by atoms with E-state index in [1.807, 2.05) is 0 Å². The second kappa shape index (κ2) is 5.30. The molecule has 0 aliphatic carbocycles. The van der Waals surface area contributed by atoms with Crippen LogP contribution < -0.4 is 8.92 Å². The molecule has 100 valence electrons. The van der Waals surface area contributed by atoms with E-state index in [1.165, 1.54) is 18.2 Å². The van der Waals surface area contributed by atoms with Crippen molar-refractivity contribution in [3.63, 3.8) is 0 Å². The first-order valence-corrected chi connectivity index (χ1v) is 6.01. The number of rotatable bonds is 5. The molecule has 1 aromatic rings. The summed E-state index contributed by atoms with van der Waals surface area (Å²) in [5.41, 5.74) is -5.45. The maximum Gasteiger partial charge on any atom is 0.534 e. The molecule has 1 aromatic carbocycles. The average Bonchev–Trinajstić information content (AvgIpc) is 2.26. The Morgan fingerprint density at radius 3 is 2.11 bits per heavy atom. The summed E-state index contributed by atoms with van der Waals surface area (Å²) in [6.07, 6.45) is 1.48. The minimum atomic E-state index is -5.64. The van der Waals surface area contributed by atoms with E-state index in [4.69, 9.17) is 4.74 Å². The summed E-state index contributed by atoms with van der Waals surface area (Å²) < 4.78 is 66.4. The smallest absolute Gasteiger partial charge is 0.490 e. The highest BCUT2D eigenvalue weighted by molar-refractivity contribution is 7.87. The molecule has 8 heteroatoms. The maximum absolute atomic E-state index is 12.0. The predicted molar refractivity (Wildman–Crippen MR) is 57.7 cm³/mol. The first kappa shape index (κ1) is 14.4. The third kappa shape index (κ3) is 3.66. The average molecular weight is 282 g/mol. The first-order valence-electron chi connectivity index (χ1n) is 4.61. The van der Waals surface area contributed by atoms with Crippen molar-refractivity contribution in [3.05, 3.63) is 36.9 Å². The summed E-state index contributed by atoms with van der Waals surface area (Å²) in [7, 11) is -5.64. The standard InChI is InChI=1S/C10H9F3O4S/c1-2-7-16-8-3-5-9(6-4-8)17-18(14,15)10(11,12)13/h2-6H,1,7H2. The number of benzene rings is 1. The van der Waals surface area contributed by atoms with Gasteiger partial charge >= 0.3 is 15.6 Å². The van der Waals surface area contributed by atoms with Gasteiger partial charge in [0.05, 0.1) is 0 Å². The molecule has 0 heterocycles. The second-order valence-corrected chi connectivity index (χ2v) is 4.59. The minimum absolute atomic E-state index is 0.223. The molecule has 0 unspecified atom stereocenters. The molecule has 0 saturated heterocycles. The fraction of sp³-hybridized carbons (Fsp3) is 0.200. The molecule has 0 amide bonds. The van der Waals surface area contributed by atoms with Crippen molar-refractivity contribution in [3.8, 4) is 11.5 Å². The molecule has 0 bridgehead atoms. The Balaban J connectivity index is 2.78. The topological polar surface area (TPSA) is 52.6 Å². The van der Waals surface area contributed by atoms with Gasteiger partial charge in [-0.1, -0.05) is 12.7 Å². The Labute approximate surface area is 102 Å². The van der Waals surface area contributed by atoms with Gasteiger partial charge in [0.15, 0.2) is 0 Å². The van der Waals surface area contributed by atoms with Crippen molar-refractivity contribution in [2.75, 3.05) is 6.61 Å². The Bertz CT molecular complexity index is 505. The quantitative estimate of drug-likeness (QED) is 0.473. The van der Waals surface area contributed by atoms with Crippen molar-refractivity contribution in [1.29, 1.82) is 0 Å². The van der Waals surface area contributed by atoms with Crippen molar-refractivity contribution in [2.24, 2.45) is 0 Å². The third-order valence-electron chi connectivity index (χ3n) is 1.68. The van der Waals surface area contributed by atoms with Gasteiger partial charge < -0.3 is 8.92 Å². The van der Waals surface area contributed by atoms with Crippen LogP contribution in [0.25, 0.3) is 0 Å². The van der Waals surface area contributed by atoms with E-state index in [-0.39, 0.29) is 6.61 Å². The molecule has 0 radical (unpaired) electrons. The van der Waals surface area contributed by atoms with E-state index in [0.717, 1.165) is 12.1 Å². The lowest BCUT2D eigenvalue weighted by molar-refractivity contribution is -0.0500. The van der Waals surface area contributed by atoms with Gasteiger partial charge in [0.25, 0.3) is 0 Å². The van der Waals surface area contributed by atoms with Crippen LogP contribution in [-0.4, -0.2) is 20.5 Å². The molecule has 0 N–H and O–H groups in total. The van der Waals surface area contributed by atoms with Crippen LogP contribution >= 0.6 is 0 Å². The van der Waals surface area contributed by atoms with Crippen molar-refractivity contribution < 1.29 is 30.5 Å². The van der Waals surface area contributed by atoms with E-state index in [2.05, 4.69) is 10.8 Å². The molecular weight excluding hydrogens is 273 g/mol. The van der Waals surface area contributed by atoms with Gasteiger partial charge in [-0.3, -0.25) is 0 Å². The van der Waals surface area contributed by atoms with Crippen molar-refractivity contribution in [2.45, 2.75) is 5.51 Å². The van der Waals surface area contributed by atoms with Gasteiger partial charge in [0, 0.05) is 0 Å². The van der Waals surface area contributed by atoms with Crippen LogP contribution in [0.2, 0.25) is 0 Å². The molecule has 4 nitrogen and oxygen atoms in total. The minimum Gasteiger partial charge on any atom is -0.490 e. The molecule has 1 rings (SSSR count). The zero-order valence-electron chi connectivity index (χ0n) is 8.98. The van der Waals surface area contributed by atoms with E-state index in [9.17, 15) is 21.6 Å². The fourth-order valence-corrected chi connectivity index (χ4v) is 1.38. The summed E-state index contributed by atoms with van der Waals surface area (Å²) >= 11 is 0. The van der Waals surface area contributed by atoms with Gasteiger partial charge in [-0.2, -0.15) is 21.6 Å². The lowest BCUT2D eigenvalue weighted by atomic mass is 10.3. The maximum atomic E-state index is 12.0. The van der Waals surface area contributed by atoms with Crippen LogP contribution in [0, 0.1) is 0 Å². The third-order valence-corrected chi connectivity index (χ3v) is 2.66. The van der Waals surface area contributed by atoms with E-state index >= 15 is 0 Å². The van der Waals surface area contributed by atoms with Gasteiger partial charge in [-0.25, -0.2) is 0 Å². The van der Waals surface area contributed by atoms with Crippen LogP contribution in [0.4, 0.5) is 13.2 Å². The zero-order chi connectivity index (χ0) is 13.8. The molecule has 0 spiro atoms. The Kier molecular flexibility index (Phi) is 4.23. The Morgan fingerprint density at radius 1 is 1.17 bits per heavy atom. The van der Waals surface area contributed by atoms with E-state index in [0.29, 0.717) is 5.75 Å².